The molecule has 0 amide bonds. The zero-order valence-electron chi connectivity index (χ0n) is 23.7. The first-order valence-corrected chi connectivity index (χ1v) is 13.0. The fourth-order valence-electron chi connectivity index (χ4n) is 5.56. The van der Waals surface area contributed by atoms with E-state index in [9.17, 15) is 0 Å². The smallest absolute Gasteiger partial charge is 0.127 e. The van der Waals surface area contributed by atoms with Crippen LogP contribution >= 0.6 is 0 Å². The van der Waals surface area contributed by atoms with Gasteiger partial charge < -0.3 is 28.4 Å². The summed E-state index contributed by atoms with van der Waals surface area (Å²) >= 11 is 0. The first-order chi connectivity index (χ1) is 19.5. The fraction of sp³-hybridized carbons (Fsp3) is 0.235. The molecule has 4 aromatic rings. The molecule has 0 bridgehead atoms. The van der Waals surface area contributed by atoms with Gasteiger partial charge in [0.1, 0.15) is 34.5 Å². The van der Waals surface area contributed by atoms with Gasteiger partial charge in [0.2, 0.25) is 0 Å². The molecule has 2 atom stereocenters. The SMILES string of the molecule is COc1ccc(/C=C2/c3cc(OC)cc(OC)c3[C@H](c3cc(OC)cc(OC)c3)C2c2ccc(OC)cc2)cc1. The van der Waals surface area contributed by atoms with Gasteiger partial charge in [-0.05, 0) is 70.3 Å². The number of benzene rings is 4. The molecule has 0 radical (unpaired) electrons. The quantitative estimate of drug-likeness (QED) is 0.225. The lowest BCUT2D eigenvalue weighted by molar-refractivity contribution is 0.388. The molecule has 0 aliphatic heterocycles. The monoisotopic (exact) mass is 538 g/mol. The molecule has 1 aliphatic carbocycles. The van der Waals surface area contributed by atoms with Crippen LogP contribution in [0, 0.1) is 0 Å². The van der Waals surface area contributed by atoms with Gasteiger partial charge in [-0.3, -0.25) is 0 Å². The molecule has 0 saturated carbocycles. The zero-order chi connectivity index (χ0) is 28.2. The lowest BCUT2D eigenvalue weighted by Crippen LogP contribution is -2.09. The zero-order valence-corrected chi connectivity index (χ0v) is 23.7. The lowest BCUT2D eigenvalue weighted by atomic mass is 9.79. The molecule has 4 aromatic carbocycles. The first kappa shape index (κ1) is 27.0. The van der Waals surface area contributed by atoms with E-state index < -0.39 is 0 Å². The summed E-state index contributed by atoms with van der Waals surface area (Å²) in [5.41, 5.74) is 6.56. The van der Waals surface area contributed by atoms with Crippen LogP contribution in [0.25, 0.3) is 11.6 Å². The summed E-state index contributed by atoms with van der Waals surface area (Å²) in [4.78, 5) is 0. The second-order valence-electron chi connectivity index (χ2n) is 9.54. The van der Waals surface area contributed by atoms with Gasteiger partial charge in [-0.25, -0.2) is 0 Å². The highest BCUT2D eigenvalue weighted by Gasteiger charge is 2.41. The molecule has 1 aliphatic rings. The molecule has 0 heterocycles. The van der Waals surface area contributed by atoms with E-state index in [1.165, 1.54) is 0 Å². The van der Waals surface area contributed by atoms with Crippen molar-refractivity contribution < 1.29 is 28.4 Å². The predicted molar refractivity (Wildman–Crippen MR) is 158 cm³/mol. The number of rotatable bonds is 9. The third-order valence-corrected chi connectivity index (χ3v) is 7.51. The summed E-state index contributed by atoms with van der Waals surface area (Å²) in [6.45, 7) is 0. The van der Waals surface area contributed by atoms with Crippen molar-refractivity contribution in [2.45, 2.75) is 11.8 Å². The number of methoxy groups -OCH3 is 6. The van der Waals surface area contributed by atoms with E-state index in [2.05, 4.69) is 48.5 Å². The number of allylic oxidation sites excluding steroid dienone is 1. The van der Waals surface area contributed by atoms with Crippen LogP contribution in [0.5, 0.6) is 34.5 Å². The van der Waals surface area contributed by atoms with Crippen molar-refractivity contribution in [3.8, 4) is 34.5 Å². The summed E-state index contributed by atoms with van der Waals surface area (Å²) in [7, 11) is 10.1. The summed E-state index contributed by atoms with van der Waals surface area (Å²) in [6.07, 6.45) is 2.24. The summed E-state index contributed by atoms with van der Waals surface area (Å²) in [6, 6.07) is 26.4. The Bertz CT molecular complexity index is 1480. The number of ether oxygens (including phenoxy) is 6. The Morgan fingerprint density at radius 2 is 1.00 bits per heavy atom. The van der Waals surface area contributed by atoms with Gasteiger partial charge in [-0.15, -0.1) is 0 Å². The first-order valence-electron chi connectivity index (χ1n) is 13.0. The Kier molecular flexibility index (Phi) is 7.87. The van der Waals surface area contributed by atoms with E-state index in [1.807, 2.05) is 36.4 Å². The minimum atomic E-state index is -0.0993. The molecule has 0 aromatic heterocycles. The lowest BCUT2D eigenvalue weighted by Gasteiger charge is -2.25. The normalized spacial score (nSPS) is 16.8. The van der Waals surface area contributed by atoms with Crippen molar-refractivity contribution in [2.75, 3.05) is 42.7 Å². The van der Waals surface area contributed by atoms with Crippen molar-refractivity contribution >= 4 is 11.6 Å². The van der Waals surface area contributed by atoms with Gasteiger partial charge in [0.15, 0.2) is 0 Å². The Balaban J connectivity index is 1.82. The second kappa shape index (κ2) is 11.7. The average Bonchev–Trinajstić information content (AvgIpc) is 3.34. The van der Waals surface area contributed by atoms with Crippen LogP contribution in [0.3, 0.4) is 0 Å². The third-order valence-electron chi connectivity index (χ3n) is 7.51. The van der Waals surface area contributed by atoms with Crippen molar-refractivity contribution in [3.05, 3.63) is 107 Å². The molecule has 1 unspecified atom stereocenters. The van der Waals surface area contributed by atoms with Crippen LogP contribution < -0.4 is 28.4 Å². The third kappa shape index (κ3) is 5.05. The van der Waals surface area contributed by atoms with Crippen molar-refractivity contribution in [1.82, 2.24) is 0 Å². The van der Waals surface area contributed by atoms with E-state index >= 15 is 0 Å². The molecule has 0 N–H and O–H groups in total. The summed E-state index contributed by atoms with van der Waals surface area (Å²) < 4.78 is 34.0. The molecular weight excluding hydrogens is 504 g/mol. The van der Waals surface area contributed by atoms with E-state index in [4.69, 9.17) is 28.4 Å². The Morgan fingerprint density at radius 1 is 0.475 bits per heavy atom. The predicted octanol–water partition coefficient (Wildman–Crippen LogP) is 7.21. The average molecular weight is 539 g/mol. The minimum Gasteiger partial charge on any atom is -0.497 e. The van der Waals surface area contributed by atoms with Gasteiger partial charge in [0.05, 0.1) is 42.7 Å². The van der Waals surface area contributed by atoms with Gasteiger partial charge in [0.25, 0.3) is 0 Å². The second-order valence-corrected chi connectivity index (χ2v) is 9.54. The maximum atomic E-state index is 6.01. The van der Waals surface area contributed by atoms with Crippen molar-refractivity contribution in [2.24, 2.45) is 0 Å². The van der Waals surface area contributed by atoms with E-state index in [0.717, 1.165) is 67.9 Å². The Hall–Kier alpha value is -4.58. The summed E-state index contributed by atoms with van der Waals surface area (Å²) in [5.74, 6) is 4.41. The van der Waals surface area contributed by atoms with Crippen molar-refractivity contribution in [3.63, 3.8) is 0 Å². The highest BCUT2D eigenvalue weighted by atomic mass is 16.5. The van der Waals surface area contributed by atoms with Gasteiger partial charge in [-0.2, -0.15) is 0 Å². The van der Waals surface area contributed by atoms with E-state index in [-0.39, 0.29) is 11.8 Å². The fourth-order valence-corrected chi connectivity index (χ4v) is 5.56. The maximum absolute atomic E-state index is 6.01. The van der Waals surface area contributed by atoms with Crippen LogP contribution in [0.4, 0.5) is 0 Å². The molecule has 0 saturated heterocycles. The highest BCUT2D eigenvalue weighted by molar-refractivity contribution is 5.93. The van der Waals surface area contributed by atoms with Gasteiger partial charge >= 0.3 is 0 Å². The topological polar surface area (TPSA) is 55.4 Å². The Labute approximate surface area is 235 Å². The molecule has 6 nitrogen and oxygen atoms in total. The minimum absolute atomic E-state index is 0.0548. The maximum Gasteiger partial charge on any atom is 0.127 e. The number of hydrogen-bond donors (Lipinski definition) is 0. The van der Waals surface area contributed by atoms with Gasteiger partial charge in [-0.1, -0.05) is 30.3 Å². The Morgan fingerprint density at radius 3 is 1.52 bits per heavy atom. The van der Waals surface area contributed by atoms with Crippen LogP contribution in [0.15, 0.2) is 78.9 Å². The molecule has 40 heavy (non-hydrogen) atoms. The van der Waals surface area contributed by atoms with Crippen LogP contribution in [-0.4, -0.2) is 42.7 Å². The van der Waals surface area contributed by atoms with Crippen LogP contribution in [0.1, 0.15) is 39.7 Å². The number of hydrogen-bond acceptors (Lipinski definition) is 6. The highest BCUT2D eigenvalue weighted by Crippen LogP contribution is 2.59. The molecule has 0 fully saturated rings. The molecule has 206 valence electrons. The van der Waals surface area contributed by atoms with E-state index in [0.29, 0.717) is 0 Å². The standard InChI is InChI=1S/C34H34O6/c1-35-24-11-7-21(8-12-24)15-29-30-19-28(39-5)20-31(40-6)34(30)33(23-16-26(37-3)18-27(17-23)38-4)32(29)22-9-13-25(36-2)14-10-22/h7-20,32-33H,1-6H3/b29-15-/t32?,33-/m1/s1. The number of fused-ring (bicyclic) bond motifs is 1. The largest absolute Gasteiger partial charge is 0.497 e. The molecule has 0 spiro atoms. The molecule has 6 heteroatoms. The van der Waals surface area contributed by atoms with Gasteiger partial charge in [0, 0.05) is 29.5 Å². The van der Waals surface area contributed by atoms with Crippen molar-refractivity contribution in [1.29, 1.82) is 0 Å². The molecule has 5 rings (SSSR count). The van der Waals surface area contributed by atoms with E-state index in [1.54, 1.807) is 42.7 Å². The van der Waals surface area contributed by atoms with Crippen LogP contribution in [0.2, 0.25) is 0 Å². The van der Waals surface area contributed by atoms with Crippen LogP contribution in [-0.2, 0) is 0 Å². The summed E-state index contributed by atoms with van der Waals surface area (Å²) in [5, 5.41) is 0. The molecular formula is C34H34O6.